The molecule has 100 valence electrons. The summed E-state index contributed by atoms with van der Waals surface area (Å²) in [5.74, 6) is 0.00625. The van der Waals surface area contributed by atoms with Gasteiger partial charge in [-0.2, -0.15) is 0 Å². The van der Waals surface area contributed by atoms with Gasteiger partial charge >= 0.3 is 0 Å². The van der Waals surface area contributed by atoms with E-state index in [2.05, 4.69) is 14.7 Å². The molecule has 0 aliphatic carbocycles. The number of rotatable bonds is 4. The van der Waals surface area contributed by atoms with Gasteiger partial charge in [-0.15, -0.1) is 0 Å². The molecule has 0 fully saturated rings. The zero-order chi connectivity index (χ0) is 13.9. The highest BCUT2D eigenvalue weighted by molar-refractivity contribution is 7.92. The van der Waals surface area contributed by atoms with Crippen LogP contribution in [0, 0.1) is 0 Å². The molecular formula is C11H11ClN4O2S. The fraction of sp³-hybridized carbons (Fsp3) is 0.0909. The smallest absolute Gasteiger partial charge is 0.264 e. The van der Waals surface area contributed by atoms with Gasteiger partial charge in [0.25, 0.3) is 10.0 Å². The second-order valence-electron chi connectivity index (χ2n) is 3.64. The van der Waals surface area contributed by atoms with Crippen LogP contribution in [0.2, 0.25) is 5.02 Å². The number of benzene rings is 1. The number of halogens is 1. The zero-order valence-corrected chi connectivity index (χ0v) is 11.3. The Hall–Kier alpha value is -1.70. The van der Waals surface area contributed by atoms with E-state index in [1.807, 2.05) is 0 Å². The Morgan fingerprint density at radius 2 is 1.95 bits per heavy atom. The van der Waals surface area contributed by atoms with Crippen LogP contribution in [0.25, 0.3) is 0 Å². The number of sulfonamides is 1. The molecule has 0 saturated heterocycles. The van der Waals surface area contributed by atoms with Crippen LogP contribution < -0.4 is 10.5 Å². The molecule has 0 radical (unpaired) electrons. The highest BCUT2D eigenvalue weighted by Gasteiger charge is 2.16. The summed E-state index contributed by atoms with van der Waals surface area (Å²) in [5.41, 5.74) is 6.05. The summed E-state index contributed by atoms with van der Waals surface area (Å²) in [6.45, 7) is 0.157. The average molecular weight is 299 g/mol. The van der Waals surface area contributed by atoms with Crippen LogP contribution in [0.4, 0.5) is 5.95 Å². The van der Waals surface area contributed by atoms with E-state index in [9.17, 15) is 8.42 Å². The van der Waals surface area contributed by atoms with Gasteiger partial charge in [-0.3, -0.25) is 0 Å². The van der Waals surface area contributed by atoms with E-state index in [1.165, 1.54) is 30.6 Å². The highest BCUT2D eigenvalue weighted by Crippen LogP contribution is 2.21. The van der Waals surface area contributed by atoms with Crippen LogP contribution in [0.1, 0.15) is 5.56 Å². The van der Waals surface area contributed by atoms with Crippen LogP contribution in [0.15, 0.2) is 41.6 Å². The molecule has 0 unspecified atom stereocenters. The van der Waals surface area contributed by atoms with Gasteiger partial charge in [0.2, 0.25) is 5.95 Å². The lowest BCUT2D eigenvalue weighted by Crippen LogP contribution is -2.15. The summed E-state index contributed by atoms with van der Waals surface area (Å²) in [6, 6.07) is 5.90. The van der Waals surface area contributed by atoms with E-state index in [0.29, 0.717) is 10.6 Å². The molecule has 0 spiro atoms. The van der Waals surface area contributed by atoms with Crippen molar-refractivity contribution in [1.82, 2.24) is 9.97 Å². The molecule has 3 N–H and O–H groups in total. The molecule has 1 aromatic heterocycles. The maximum Gasteiger partial charge on any atom is 0.264 e. The third-order valence-corrected chi connectivity index (χ3v) is 4.03. The molecule has 19 heavy (non-hydrogen) atoms. The number of anilines is 1. The summed E-state index contributed by atoms with van der Waals surface area (Å²) in [6.07, 6.45) is 2.88. The van der Waals surface area contributed by atoms with E-state index < -0.39 is 10.0 Å². The van der Waals surface area contributed by atoms with E-state index >= 15 is 0 Å². The molecule has 0 atom stereocenters. The maximum atomic E-state index is 12.1. The predicted molar refractivity (Wildman–Crippen MR) is 72.2 cm³/mol. The van der Waals surface area contributed by atoms with Crippen molar-refractivity contribution in [3.8, 4) is 0 Å². The summed E-state index contributed by atoms with van der Waals surface area (Å²) in [4.78, 5) is 7.65. The second kappa shape index (κ2) is 5.52. The van der Waals surface area contributed by atoms with Crippen molar-refractivity contribution >= 4 is 27.6 Å². The fourth-order valence-corrected chi connectivity index (χ4v) is 2.61. The lowest BCUT2D eigenvalue weighted by atomic mass is 10.2. The third-order valence-electron chi connectivity index (χ3n) is 2.34. The van der Waals surface area contributed by atoms with Crippen molar-refractivity contribution in [1.29, 1.82) is 0 Å². The van der Waals surface area contributed by atoms with Gasteiger partial charge in [0, 0.05) is 24.0 Å². The number of aromatic nitrogens is 2. The van der Waals surface area contributed by atoms with Crippen molar-refractivity contribution in [2.75, 3.05) is 4.72 Å². The zero-order valence-electron chi connectivity index (χ0n) is 9.75. The van der Waals surface area contributed by atoms with Crippen molar-refractivity contribution in [2.45, 2.75) is 11.4 Å². The van der Waals surface area contributed by atoms with Gasteiger partial charge in [0.05, 0.1) is 4.90 Å². The van der Waals surface area contributed by atoms with E-state index in [0.717, 1.165) is 0 Å². The van der Waals surface area contributed by atoms with Crippen LogP contribution >= 0.6 is 11.6 Å². The second-order valence-corrected chi connectivity index (χ2v) is 5.72. The van der Waals surface area contributed by atoms with E-state index in [4.69, 9.17) is 17.3 Å². The molecule has 0 aliphatic heterocycles. The van der Waals surface area contributed by atoms with Crippen LogP contribution in [0.3, 0.4) is 0 Å². The largest absolute Gasteiger partial charge is 0.326 e. The molecule has 6 nitrogen and oxygen atoms in total. The molecule has 1 aromatic carbocycles. The first-order valence-electron chi connectivity index (χ1n) is 5.31. The molecule has 0 aliphatic rings. The Balaban J connectivity index is 2.35. The van der Waals surface area contributed by atoms with Crippen molar-refractivity contribution in [2.24, 2.45) is 5.73 Å². The lowest BCUT2D eigenvalue weighted by Gasteiger charge is -2.08. The normalized spacial score (nSPS) is 11.3. The van der Waals surface area contributed by atoms with Gasteiger partial charge in [-0.05, 0) is 29.8 Å². The third kappa shape index (κ3) is 3.19. The van der Waals surface area contributed by atoms with Gasteiger partial charge in [-0.25, -0.2) is 23.1 Å². The molecule has 1 heterocycles. The first-order valence-corrected chi connectivity index (χ1v) is 7.17. The van der Waals surface area contributed by atoms with Crippen molar-refractivity contribution in [3.63, 3.8) is 0 Å². The minimum Gasteiger partial charge on any atom is -0.326 e. The Morgan fingerprint density at radius 3 is 2.58 bits per heavy atom. The number of nitrogens with one attached hydrogen (secondary N) is 1. The minimum absolute atomic E-state index is 0.00625. The first-order chi connectivity index (χ1) is 9.03. The fourth-order valence-electron chi connectivity index (χ4n) is 1.41. The lowest BCUT2D eigenvalue weighted by molar-refractivity contribution is 0.600. The molecule has 2 rings (SSSR count). The van der Waals surface area contributed by atoms with Gasteiger partial charge in [0.15, 0.2) is 0 Å². The summed E-state index contributed by atoms with van der Waals surface area (Å²) in [5, 5.41) is 0.428. The minimum atomic E-state index is -3.75. The van der Waals surface area contributed by atoms with E-state index in [1.54, 1.807) is 6.07 Å². The number of nitrogens with zero attached hydrogens (tertiary/aromatic N) is 2. The standard InChI is InChI=1S/C11H11ClN4O2S/c12-10-3-2-9(6-8(10)7-13)19(17,18)16-11-14-4-1-5-15-11/h1-6H,7,13H2,(H,14,15,16). The summed E-state index contributed by atoms with van der Waals surface area (Å²) >= 11 is 5.89. The number of nitrogens with two attached hydrogens (primary N) is 1. The number of hydrogen-bond acceptors (Lipinski definition) is 5. The monoisotopic (exact) mass is 298 g/mol. The molecule has 0 saturated carbocycles. The van der Waals surface area contributed by atoms with Crippen LogP contribution in [-0.4, -0.2) is 18.4 Å². The molecule has 2 aromatic rings. The highest BCUT2D eigenvalue weighted by atomic mass is 35.5. The molecular weight excluding hydrogens is 288 g/mol. The van der Waals surface area contributed by atoms with Crippen LogP contribution in [0.5, 0.6) is 0 Å². The van der Waals surface area contributed by atoms with Gasteiger partial charge < -0.3 is 5.73 Å². The van der Waals surface area contributed by atoms with Crippen LogP contribution in [-0.2, 0) is 16.6 Å². The van der Waals surface area contributed by atoms with Gasteiger partial charge in [0.1, 0.15) is 0 Å². The molecule has 0 amide bonds. The molecule has 0 bridgehead atoms. The van der Waals surface area contributed by atoms with E-state index in [-0.39, 0.29) is 17.4 Å². The first kappa shape index (κ1) is 13.7. The Kier molecular flexibility index (Phi) is 3.98. The Morgan fingerprint density at radius 1 is 1.26 bits per heavy atom. The van der Waals surface area contributed by atoms with Crippen molar-refractivity contribution < 1.29 is 8.42 Å². The Labute approximate surface area is 115 Å². The van der Waals surface area contributed by atoms with Gasteiger partial charge in [-0.1, -0.05) is 11.6 Å². The topological polar surface area (TPSA) is 98.0 Å². The van der Waals surface area contributed by atoms with Crippen molar-refractivity contribution in [3.05, 3.63) is 47.2 Å². The summed E-state index contributed by atoms with van der Waals surface area (Å²) in [7, 11) is -3.75. The predicted octanol–water partition coefficient (Wildman–Crippen LogP) is 1.39. The number of hydrogen-bond donors (Lipinski definition) is 2. The Bertz CT molecular complexity index is 676. The molecule has 8 heteroatoms. The maximum absolute atomic E-state index is 12.1. The quantitative estimate of drug-likeness (QED) is 0.889. The SMILES string of the molecule is NCc1cc(S(=O)(=O)Nc2ncccn2)ccc1Cl. The average Bonchev–Trinajstić information content (AvgIpc) is 2.39. The summed E-state index contributed by atoms with van der Waals surface area (Å²) < 4.78 is 26.5.